The topological polar surface area (TPSA) is 93.1 Å². The summed E-state index contributed by atoms with van der Waals surface area (Å²) in [6.45, 7) is 13.4. The Hall–Kier alpha value is -1.99. The molecule has 0 aromatic rings. The van der Waals surface area contributed by atoms with Crippen LogP contribution < -0.4 is 0 Å². The molecule has 0 saturated heterocycles. The van der Waals surface area contributed by atoms with Crippen LogP contribution in [0.2, 0.25) is 0 Å². The van der Waals surface area contributed by atoms with Gasteiger partial charge in [-0.1, -0.05) is 46.8 Å². The zero-order chi connectivity index (χ0) is 26.9. The Balaban J connectivity index is 1.83. The molecule has 2 saturated carbocycles. The molecule has 0 aromatic heterocycles. The summed E-state index contributed by atoms with van der Waals surface area (Å²) in [6.07, 6.45) is 4.13. The number of ether oxygens (including phenoxy) is 2. The Morgan fingerprint density at radius 1 is 1.19 bits per heavy atom. The Morgan fingerprint density at radius 2 is 1.83 bits per heavy atom. The quantitative estimate of drug-likeness (QED) is 0.440. The first-order valence-electron chi connectivity index (χ1n) is 13.3. The Morgan fingerprint density at radius 3 is 2.36 bits per heavy atom. The van der Waals surface area contributed by atoms with E-state index in [1.165, 1.54) is 6.92 Å². The highest BCUT2D eigenvalue weighted by atomic mass is 16.6. The number of carbonyl (C=O) groups is 3. The molecule has 0 aliphatic heterocycles. The predicted molar refractivity (Wildman–Crippen MR) is 136 cm³/mol. The second-order valence-electron chi connectivity index (χ2n) is 12.7. The van der Waals surface area contributed by atoms with Crippen molar-refractivity contribution in [2.45, 2.75) is 72.6 Å². The summed E-state index contributed by atoms with van der Waals surface area (Å²) in [4.78, 5) is 41.0. The Labute approximate surface area is 215 Å². The van der Waals surface area contributed by atoms with Crippen LogP contribution in [-0.2, 0) is 23.9 Å². The molecule has 0 aromatic carbocycles. The van der Waals surface area contributed by atoms with Gasteiger partial charge in [0.15, 0.2) is 11.4 Å². The number of esters is 2. The zero-order valence-electron chi connectivity index (χ0n) is 23.2. The molecule has 4 aliphatic rings. The van der Waals surface area contributed by atoms with Gasteiger partial charge in [0, 0.05) is 30.1 Å². The molecule has 0 bridgehead atoms. The van der Waals surface area contributed by atoms with Crippen LogP contribution in [0.15, 0.2) is 23.3 Å². The maximum atomic E-state index is 13.6. The van der Waals surface area contributed by atoms with Gasteiger partial charge in [0.25, 0.3) is 0 Å². The predicted octanol–water partition coefficient (Wildman–Crippen LogP) is 3.41. The van der Waals surface area contributed by atoms with Crippen LogP contribution in [0.4, 0.5) is 0 Å². The van der Waals surface area contributed by atoms with Crippen LogP contribution in [0.25, 0.3) is 0 Å². The molecule has 4 aliphatic carbocycles. The maximum Gasteiger partial charge on any atom is 0.324 e. The Bertz CT molecular complexity index is 1000. The molecule has 9 atom stereocenters. The molecule has 1 N–H and O–H groups in total. The van der Waals surface area contributed by atoms with Gasteiger partial charge in [-0.2, -0.15) is 0 Å². The van der Waals surface area contributed by atoms with Crippen molar-refractivity contribution in [1.29, 1.82) is 0 Å². The summed E-state index contributed by atoms with van der Waals surface area (Å²) in [5.41, 5.74) is 0.230. The van der Waals surface area contributed by atoms with E-state index in [0.717, 1.165) is 11.1 Å². The summed E-state index contributed by atoms with van der Waals surface area (Å²) in [5.74, 6) is -0.998. The van der Waals surface area contributed by atoms with Crippen LogP contribution in [-0.4, -0.2) is 66.2 Å². The van der Waals surface area contributed by atoms with Crippen LogP contribution in [0.3, 0.4) is 0 Å². The standard InChI is InChI=1S/C29H43NO6/c1-14(2)23(30(8)9)27(34)35-26-16(4)22-19-10-15(3)24(33)20(19)11-18(13-31)12-21(22)25-28(6,7)29(25,26)36-17(5)32/h10,12,14,16,19-23,25-26,31H,11,13H2,1-9H3/t16-,19+,20?,21+,22?,23+,25+,26+,29+/m0/s1. The molecule has 7 nitrogen and oxygen atoms in total. The largest absolute Gasteiger partial charge is 0.457 e. The molecule has 0 amide bonds. The monoisotopic (exact) mass is 501 g/mol. The number of rotatable bonds is 6. The molecule has 2 fully saturated rings. The van der Waals surface area contributed by atoms with E-state index in [1.54, 1.807) is 0 Å². The van der Waals surface area contributed by atoms with Gasteiger partial charge in [0.1, 0.15) is 12.1 Å². The van der Waals surface area contributed by atoms with E-state index in [9.17, 15) is 19.5 Å². The van der Waals surface area contributed by atoms with E-state index in [4.69, 9.17) is 9.47 Å². The van der Waals surface area contributed by atoms with E-state index in [1.807, 2.05) is 39.8 Å². The number of fused-ring (bicyclic) bond motifs is 5. The van der Waals surface area contributed by atoms with Crippen molar-refractivity contribution < 1.29 is 29.0 Å². The minimum absolute atomic E-state index is 0.00820. The number of Topliss-reactive ketones (excluding diaryl/α,β-unsaturated/α-hetero) is 1. The number of likely N-dealkylation sites (N-methyl/N-ethyl adjacent to an activating group) is 1. The third-order valence-electron chi connectivity index (χ3n) is 9.68. The number of ketones is 1. The molecule has 0 heterocycles. The lowest BCUT2D eigenvalue weighted by Crippen LogP contribution is -2.55. The number of nitrogens with zero attached hydrogens (tertiary/aromatic N) is 1. The molecule has 0 spiro atoms. The molecular formula is C29H43NO6. The molecule has 36 heavy (non-hydrogen) atoms. The lowest BCUT2D eigenvalue weighted by atomic mass is 9.63. The number of aliphatic hydroxyl groups is 1. The fraction of sp³-hybridized carbons (Fsp3) is 0.759. The normalized spacial score (nSPS) is 39.3. The van der Waals surface area contributed by atoms with E-state index in [0.29, 0.717) is 6.42 Å². The number of hydrogen-bond donors (Lipinski definition) is 1. The third kappa shape index (κ3) is 3.80. The summed E-state index contributed by atoms with van der Waals surface area (Å²) in [6, 6.07) is -0.428. The van der Waals surface area contributed by atoms with E-state index < -0.39 is 29.1 Å². The first-order chi connectivity index (χ1) is 16.7. The molecular weight excluding hydrogens is 458 g/mol. The van der Waals surface area contributed by atoms with Crippen molar-refractivity contribution in [3.05, 3.63) is 23.3 Å². The van der Waals surface area contributed by atoms with Gasteiger partial charge in [0.05, 0.1) is 6.61 Å². The molecule has 200 valence electrons. The number of allylic oxidation sites excluding steroid dienone is 3. The second kappa shape index (κ2) is 9.09. The summed E-state index contributed by atoms with van der Waals surface area (Å²) in [5, 5.41) is 10.2. The van der Waals surface area contributed by atoms with Gasteiger partial charge in [-0.25, -0.2) is 0 Å². The van der Waals surface area contributed by atoms with Crippen LogP contribution in [0, 0.1) is 46.8 Å². The van der Waals surface area contributed by atoms with E-state index in [2.05, 4.69) is 32.9 Å². The highest BCUT2D eigenvalue weighted by Gasteiger charge is 2.84. The van der Waals surface area contributed by atoms with Gasteiger partial charge in [-0.05, 0) is 62.3 Å². The van der Waals surface area contributed by atoms with Crippen molar-refractivity contribution in [2.24, 2.45) is 46.8 Å². The van der Waals surface area contributed by atoms with Gasteiger partial charge in [0.2, 0.25) is 0 Å². The van der Waals surface area contributed by atoms with Gasteiger partial charge < -0.3 is 14.6 Å². The van der Waals surface area contributed by atoms with Gasteiger partial charge >= 0.3 is 11.9 Å². The minimum Gasteiger partial charge on any atom is -0.457 e. The highest BCUT2D eigenvalue weighted by Crippen LogP contribution is 2.76. The average molecular weight is 502 g/mol. The van der Waals surface area contributed by atoms with E-state index >= 15 is 0 Å². The van der Waals surface area contributed by atoms with Crippen molar-refractivity contribution >= 4 is 17.7 Å². The molecule has 4 rings (SSSR count). The third-order valence-corrected chi connectivity index (χ3v) is 9.68. The fourth-order valence-corrected chi connectivity index (χ4v) is 8.35. The van der Waals surface area contributed by atoms with Crippen LogP contribution >= 0.6 is 0 Å². The van der Waals surface area contributed by atoms with Gasteiger partial charge in [-0.3, -0.25) is 19.3 Å². The van der Waals surface area contributed by atoms with Gasteiger partial charge in [-0.15, -0.1) is 0 Å². The first kappa shape index (κ1) is 27.1. The van der Waals surface area contributed by atoms with Crippen molar-refractivity contribution in [3.8, 4) is 0 Å². The zero-order valence-corrected chi connectivity index (χ0v) is 23.2. The van der Waals surface area contributed by atoms with Crippen molar-refractivity contribution in [2.75, 3.05) is 20.7 Å². The number of carbonyl (C=O) groups excluding carboxylic acids is 3. The fourth-order valence-electron chi connectivity index (χ4n) is 8.35. The Kier molecular flexibility index (Phi) is 6.83. The van der Waals surface area contributed by atoms with Crippen molar-refractivity contribution in [3.63, 3.8) is 0 Å². The molecule has 0 radical (unpaired) electrons. The highest BCUT2D eigenvalue weighted by molar-refractivity contribution is 5.99. The minimum atomic E-state index is -0.957. The first-order valence-corrected chi connectivity index (χ1v) is 13.3. The average Bonchev–Trinajstić information content (AvgIpc) is 3.18. The lowest BCUT2D eigenvalue weighted by Gasteiger charge is -2.46. The molecule has 7 heteroatoms. The summed E-state index contributed by atoms with van der Waals surface area (Å²) in [7, 11) is 3.74. The smallest absolute Gasteiger partial charge is 0.324 e. The SMILES string of the molecule is CC(=O)O[C@@]12[C@H](OC(=O)[C@@H](C(C)C)N(C)C)[C@@H](C)C3[C@@H]4C=C(C)C(=O)C4CC(CO)=C[C@H]3[C@@H]1C2(C)C. The summed E-state index contributed by atoms with van der Waals surface area (Å²) >= 11 is 0. The van der Waals surface area contributed by atoms with Crippen molar-refractivity contribution in [1.82, 2.24) is 4.90 Å². The number of aliphatic hydroxyl groups excluding tert-OH is 1. The van der Waals surface area contributed by atoms with E-state index in [-0.39, 0.29) is 59.8 Å². The molecule has 2 unspecified atom stereocenters. The second-order valence-corrected chi connectivity index (χ2v) is 12.7. The van der Waals surface area contributed by atoms with Crippen LogP contribution in [0.1, 0.15) is 54.9 Å². The summed E-state index contributed by atoms with van der Waals surface area (Å²) < 4.78 is 12.6. The lowest BCUT2D eigenvalue weighted by molar-refractivity contribution is -0.195. The maximum absolute atomic E-state index is 13.6. The number of hydrogen-bond acceptors (Lipinski definition) is 7. The van der Waals surface area contributed by atoms with Crippen LogP contribution in [0.5, 0.6) is 0 Å².